The van der Waals surface area contributed by atoms with Crippen LogP contribution in [0.1, 0.15) is 5.56 Å². The van der Waals surface area contributed by atoms with Crippen LogP contribution in [0.5, 0.6) is 5.88 Å². The fourth-order valence-electron chi connectivity index (χ4n) is 0.615. The van der Waals surface area contributed by atoms with Crippen molar-refractivity contribution in [3.63, 3.8) is 0 Å². The lowest BCUT2D eigenvalue weighted by Crippen LogP contribution is -1.88. The summed E-state index contributed by atoms with van der Waals surface area (Å²) in [4.78, 5) is 3.96. The molecule has 0 aliphatic heterocycles. The largest absolute Gasteiger partial charge is 0.480 e. The first kappa shape index (κ1) is 7.54. The van der Waals surface area contributed by atoms with Crippen LogP contribution in [0, 0.1) is 6.92 Å². The summed E-state index contributed by atoms with van der Waals surface area (Å²) in [6.07, 6.45) is 1.66. The Balaban J connectivity index is 3.07. The van der Waals surface area contributed by atoms with E-state index in [0.29, 0.717) is 5.88 Å². The molecular formula is C7H7BrNO. The maximum absolute atomic E-state index is 4.91. The Labute approximate surface area is 68.4 Å². The summed E-state index contributed by atoms with van der Waals surface area (Å²) in [5, 5.41) is 0. The van der Waals surface area contributed by atoms with Crippen molar-refractivity contribution in [3.05, 3.63) is 29.2 Å². The second kappa shape index (κ2) is 3.01. The first-order chi connectivity index (χ1) is 4.74. The predicted octanol–water partition coefficient (Wildman–Crippen LogP) is 2.03. The lowest BCUT2D eigenvalue weighted by atomic mass is 10.3. The van der Waals surface area contributed by atoms with Crippen LogP contribution in [0.25, 0.3) is 0 Å². The first-order valence-corrected chi connectivity index (χ1v) is 3.55. The van der Waals surface area contributed by atoms with Crippen molar-refractivity contribution < 1.29 is 4.74 Å². The fourth-order valence-corrected chi connectivity index (χ4v) is 1.17. The molecule has 0 N–H and O–H groups in total. The second-order valence-electron chi connectivity index (χ2n) is 1.83. The summed E-state index contributed by atoms with van der Waals surface area (Å²) >= 11 is 3.28. The zero-order valence-corrected chi connectivity index (χ0v) is 7.18. The summed E-state index contributed by atoms with van der Waals surface area (Å²) in [7, 11) is 1.58. The van der Waals surface area contributed by atoms with Gasteiger partial charge in [0, 0.05) is 6.20 Å². The molecule has 10 heavy (non-hydrogen) atoms. The second-order valence-corrected chi connectivity index (χ2v) is 2.69. The van der Waals surface area contributed by atoms with Crippen LogP contribution in [0.3, 0.4) is 0 Å². The summed E-state index contributed by atoms with van der Waals surface area (Å²) in [5.41, 5.74) is 0.868. The van der Waals surface area contributed by atoms with Crippen LogP contribution in [-0.2, 0) is 0 Å². The van der Waals surface area contributed by atoms with Gasteiger partial charge in [0.1, 0.15) is 0 Å². The Morgan fingerprint density at radius 2 is 2.40 bits per heavy atom. The highest BCUT2D eigenvalue weighted by molar-refractivity contribution is 9.10. The number of ether oxygens (including phenoxy) is 1. The highest BCUT2D eigenvalue weighted by atomic mass is 79.9. The zero-order chi connectivity index (χ0) is 7.56. The van der Waals surface area contributed by atoms with Gasteiger partial charge in [-0.15, -0.1) is 0 Å². The molecule has 0 amide bonds. The molecule has 0 unspecified atom stereocenters. The van der Waals surface area contributed by atoms with Gasteiger partial charge in [-0.1, -0.05) is 0 Å². The number of aromatic nitrogens is 1. The Hall–Kier alpha value is -0.570. The minimum atomic E-state index is 0.590. The van der Waals surface area contributed by atoms with Gasteiger partial charge in [-0.2, -0.15) is 0 Å². The molecule has 0 saturated heterocycles. The number of methoxy groups -OCH3 is 1. The smallest absolute Gasteiger partial charge is 0.227 e. The third-order valence-electron chi connectivity index (χ3n) is 1.06. The molecular weight excluding hydrogens is 194 g/mol. The topological polar surface area (TPSA) is 22.1 Å². The third-order valence-corrected chi connectivity index (χ3v) is 1.63. The lowest BCUT2D eigenvalue weighted by molar-refractivity contribution is 0.395. The molecule has 0 spiro atoms. The number of nitrogens with zero attached hydrogens (tertiary/aromatic N) is 1. The Morgan fingerprint density at radius 3 is 2.90 bits per heavy atom. The third kappa shape index (κ3) is 1.48. The molecule has 0 atom stereocenters. The maximum atomic E-state index is 4.91. The minimum absolute atomic E-state index is 0.590. The summed E-state index contributed by atoms with van der Waals surface area (Å²) in [5.74, 6) is 0.590. The van der Waals surface area contributed by atoms with E-state index in [4.69, 9.17) is 4.74 Å². The molecule has 1 rings (SSSR count). The standard InChI is InChI=1S/C7H7BrNO/c1-5-3-6(8)7(10-2)9-4-5/h3-4H,1H2,2H3. The van der Waals surface area contributed by atoms with Crippen molar-refractivity contribution in [3.8, 4) is 5.88 Å². The van der Waals surface area contributed by atoms with Crippen LogP contribution in [0.2, 0.25) is 0 Å². The van der Waals surface area contributed by atoms with Crippen molar-refractivity contribution in [1.82, 2.24) is 4.98 Å². The Morgan fingerprint density at radius 1 is 1.70 bits per heavy atom. The minimum Gasteiger partial charge on any atom is -0.480 e. The molecule has 0 saturated carbocycles. The van der Waals surface area contributed by atoms with E-state index in [1.54, 1.807) is 13.3 Å². The van der Waals surface area contributed by atoms with Crippen molar-refractivity contribution in [2.45, 2.75) is 0 Å². The fraction of sp³-hybridized carbons (Fsp3) is 0.143. The molecule has 0 aliphatic carbocycles. The van der Waals surface area contributed by atoms with Gasteiger partial charge in [-0.3, -0.25) is 0 Å². The lowest BCUT2D eigenvalue weighted by Gasteiger charge is -2.00. The van der Waals surface area contributed by atoms with E-state index in [0.717, 1.165) is 10.0 Å². The Kier molecular flexibility index (Phi) is 2.27. The van der Waals surface area contributed by atoms with E-state index in [2.05, 4.69) is 27.8 Å². The maximum Gasteiger partial charge on any atom is 0.227 e. The highest BCUT2D eigenvalue weighted by Crippen LogP contribution is 2.21. The van der Waals surface area contributed by atoms with E-state index >= 15 is 0 Å². The number of hydrogen-bond donors (Lipinski definition) is 0. The average Bonchev–Trinajstić information content (AvgIpc) is 1.88. The van der Waals surface area contributed by atoms with E-state index in [1.807, 2.05) is 6.07 Å². The van der Waals surface area contributed by atoms with Gasteiger partial charge in [0.05, 0.1) is 11.6 Å². The molecule has 0 aromatic carbocycles. The van der Waals surface area contributed by atoms with Gasteiger partial charge in [0.15, 0.2) is 0 Å². The Bertz CT molecular complexity index is 237. The molecule has 1 aromatic rings. The van der Waals surface area contributed by atoms with Gasteiger partial charge >= 0.3 is 0 Å². The number of rotatable bonds is 1. The number of hydrogen-bond acceptors (Lipinski definition) is 2. The van der Waals surface area contributed by atoms with Crippen molar-refractivity contribution >= 4 is 15.9 Å². The van der Waals surface area contributed by atoms with E-state index in [9.17, 15) is 0 Å². The van der Waals surface area contributed by atoms with Crippen molar-refractivity contribution in [2.24, 2.45) is 0 Å². The molecule has 1 aromatic heterocycles. The highest BCUT2D eigenvalue weighted by Gasteiger charge is 1.98. The normalized spacial score (nSPS) is 9.50. The van der Waals surface area contributed by atoms with Crippen LogP contribution < -0.4 is 4.74 Å². The van der Waals surface area contributed by atoms with E-state index < -0.39 is 0 Å². The SMILES string of the molecule is [CH2]c1cnc(OC)c(Br)c1. The zero-order valence-electron chi connectivity index (χ0n) is 5.60. The van der Waals surface area contributed by atoms with Crippen LogP contribution in [0.15, 0.2) is 16.7 Å². The van der Waals surface area contributed by atoms with Crippen LogP contribution >= 0.6 is 15.9 Å². The van der Waals surface area contributed by atoms with Gasteiger partial charge < -0.3 is 4.74 Å². The number of halogens is 1. The van der Waals surface area contributed by atoms with Gasteiger partial charge in [0.2, 0.25) is 5.88 Å². The van der Waals surface area contributed by atoms with Gasteiger partial charge in [-0.25, -0.2) is 4.98 Å². The summed E-state index contributed by atoms with van der Waals surface area (Å²) in [6.45, 7) is 3.71. The molecule has 0 bridgehead atoms. The molecule has 3 heteroatoms. The van der Waals surface area contributed by atoms with E-state index in [1.165, 1.54) is 0 Å². The van der Waals surface area contributed by atoms with Crippen molar-refractivity contribution in [2.75, 3.05) is 7.11 Å². The van der Waals surface area contributed by atoms with Crippen LogP contribution in [0.4, 0.5) is 0 Å². The van der Waals surface area contributed by atoms with Gasteiger partial charge in [0.25, 0.3) is 0 Å². The predicted molar refractivity (Wildman–Crippen MR) is 42.9 cm³/mol. The summed E-state index contributed by atoms with van der Waals surface area (Å²) in [6, 6.07) is 1.85. The molecule has 2 nitrogen and oxygen atoms in total. The van der Waals surface area contributed by atoms with Gasteiger partial charge in [-0.05, 0) is 34.5 Å². The van der Waals surface area contributed by atoms with Crippen LogP contribution in [-0.4, -0.2) is 12.1 Å². The average molecular weight is 201 g/mol. The molecule has 1 radical (unpaired) electrons. The molecule has 0 aliphatic rings. The quantitative estimate of drug-likeness (QED) is 0.693. The summed E-state index contributed by atoms with van der Waals surface area (Å²) < 4.78 is 5.75. The molecule has 53 valence electrons. The molecule has 1 heterocycles. The number of pyridine rings is 1. The van der Waals surface area contributed by atoms with Crippen molar-refractivity contribution in [1.29, 1.82) is 0 Å². The first-order valence-electron chi connectivity index (χ1n) is 2.75. The van der Waals surface area contributed by atoms with E-state index in [-0.39, 0.29) is 0 Å². The monoisotopic (exact) mass is 200 g/mol. The molecule has 0 fully saturated rings.